The summed E-state index contributed by atoms with van der Waals surface area (Å²) in [5, 5.41) is 0. The molecule has 0 unspecified atom stereocenters. The van der Waals surface area contributed by atoms with Crippen molar-refractivity contribution in [3.05, 3.63) is 91.0 Å². The molecular formula is C24H26OS. The van der Waals surface area contributed by atoms with E-state index >= 15 is 0 Å². The van der Waals surface area contributed by atoms with Gasteiger partial charge in [-0.3, -0.25) is 0 Å². The fourth-order valence-electron chi connectivity index (χ4n) is 3.44. The molecule has 0 N–H and O–H groups in total. The molecule has 0 amide bonds. The SMILES string of the molecule is O=CCCCCCS(c1ccccc1)(c1ccccc1)c1ccccc1. The Morgan fingerprint density at radius 1 is 0.577 bits per heavy atom. The van der Waals surface area contributed by atoms with Gasteiger partial charge in [0.25, 0.3) is 0 Å². The average molecular weight is 363 g/mol. The zero-order valence-corrected chi connectivity index (χ0v) is 15.9. The smallest absolute Gasteiger partial charge is 0.119 e. The van der Waals surface area contributed by atoms with Gasteiger partial charge < -0.3 is 4.79 Å². The van der Waals surface area contributed by atoms with Crippen LogP contribution in [-0.2, 0) is 4.79 Å². The van der Waals surface area contributed by atoms with Gasteiger partial charge in [-0.15, -0.1) is 0 Å². The van der Waals surface area contributed by atoms with E-state index in [-0.39, 0.29) is 0 Å². The first kappa shape index (κ1) is 18.5. The van der Waals surface area contributed by atoms with Crippen molar-refractivity contribution in [1.82, 2.24) is 0 Å². The van der Waals surface area contributed by atoms with Gasteiger partial charge in [-0.25, -0.2) is 0 Å². The maximum atomic E-state index is 10.6. The van der Waals surface area contributed by atoms with Gasteiger partial charge in [0.1, 0.15) is 6.29 Å². The molecule has 0 saturated heterocycles. The predicted octanol–water partition coefficient (Wildman–Crippen LogP) is 6.73. The van der Waals surface area contributed by atoms with Gasteiger partial charge >= 0.3 is 0 Å². The molecule has 0 spiro atoms. The maximum Gasteiger partial charge on any atom is 0.119 e. The Morgan fingerprint density at radius 2 is 1.00 bits per heavy atom. The molecule has 0 aliphatic rings. The minimum atomic E-state index is -1.31. The normalized spacial score (nSPS) is 11.8. The highest BCUT2D eigenvalue weighted by Crippen LogP contribution is 2.68. The van der Waals surface area contributed by atoms with Gasteiger partial charge in [-0.2, -0.15) is 10.0 Å². The predicted molar refractivity (Wildman–Crippen MR) is 111 cm³/mol. The van der Waals surface area contributed by atoms with E-state index in [1.807, 2.05) is 0 Å². The van der Waals surface area contributed by atoms with Crippen molar-refractivity contribution in [3.8, 4) is 0 Å². The van der Waals surface area contributed by atoms with Crippen molar-refractivity contribution >= 4 is 16.3 Å². The van der Waals surface area contributed by atoms with Gasteiger partial charge in [0.05, 0.1) is 0 Å². The Kier molecular flexibility index (Phi) is 6.68. The van der Waals surface area contributed by atoms with Crippen molar-refractivity contribution in [3.63, 3.8) is 0 Å². The minimum absolute atomic E-state index is 0.671. The molecule has 26 heavy (non-hydrogen) atoms. The summed E-state index contributed by atoms with van der Waals surface area (Å²) in [6, 6.07) is 32.8. The number of rotatable bonds is 9. The molecule has 3 rings (SSSR count). The molecule has 1 nitrogen and oxygen atoms in total. The highest BCUT2D eigenvalue weighted by atomic mass is 32.3. The third-order valence-corrected chi connectivity index (χ3v) is 8.84. The number of hydrogen-bond acceptors (Lipinski definition) is 1. The molecule has 0 fully saturated rings. The summed E-state index contributed by atoms with van der Waals surface area (Å²) in [7, 11) is -1.31. The first-order valence-corrected chi connectivity index (χ1v) is 11.1. The Morgan fingerprint density at radius 3 is 1.38 bits per heavy atom. The molecule has 0 radical (unpaired) electrons. The lowest BCUT2D eigenvalue weighted by molar-refractivity contribution is -0.107. The lowest BCUT2D eigenvalue weighted by Gasteiger charge is -2.42. The second-order valence-electron chi connectivity index (χ2n) is 6.40. The number of carbonyl (C=O) groups excluding carboxylic acids is 1. The average Bonchev–Trinajstić information content (AvgIpc) is 2.73. The van der Waals surface area contributed by atoms with Crippen LogP contribution in [0.4, 0.5) is 0 Å². The summed E-state index contributed by atoms with van der Waals surface area (Å²) < 4.78 is 0. The second kappa shape index (κ2) is 9.40. The van der Waals surface area contributed by atoms with E-state index in [9.17, 15) is 4.79 Å². The van der Waals surface area contributed by atoms with E-state index in [1.54, 1.807) is 0 Å². The summed E-state index contributed by atoms with van der Waals surface area (Å²) in [5.41, 5.74) is 0. The molecule has 3 aromatic carbocycles. The molecular weight excluding hydrogens is 336 g/mol. The largest absolute Gasteiger partial charge is 0.303 e. The van der Waals surface area contributed by atoms with Crippen LogP contribution in [0, 0.1) is 0 Å². The summed E-state index contributed by atoms with van der Waals surface area (Å²) in [5.74, 6) is 1.11. The Labute approximate surface area is 158 Å². The molecule has 0 saturated carbocycles. The fraction of sp³-hybridized carbons (Fsp3) is 0.208. The number of aldehydes is 1. The topological polar surface area (TPSA) is 17.1 Å². The fourth-order valence-corrected chi connectivity index (χ4v) is 7.47. The first-order valence-electron chi connectivity index (χ1n) is 9.28. The van der Waals surface area contributed by atoms with Gasteiger partial charge in [-0.1, -0.05) is 61.0 Å². The van der Waals surface area contributed by atoms with Crippen molar-refractivity contribution in [1.29, 1.82) is 0 Å². The summed E-state index contributed by atoms with van der Waals surface area (Å²) in [6.45, 7) is 0. The molecule has 3 aromatic rings. The quantitative estimate of drug-likeness (QED) is 0.305. The van der Waals surface area contributed by atoms with E-state index in [1.165, 1.54) is 14.7 Å². The highest BCUT2D eigenvalue weighted by molar-refractivity contribution is 8.33. The van der Waals surface area contributed by atoms with E-state index in [0.29, 0.717) is 6.42 Å². The van der Waals surface area contributed by atoms with Gasteiger partial charge in [-0.05, 0) is 69.7 Å². The summed E-state index contributed by atoms with van der Waals surface area (Å²) in [6.07, 6.45) is 4.91. The van der Waals surface area contributed by atoms with E-state index in [0.717, 1.165) is 31.3 Å². The van der Waals surface area contributed by atoms with Crippen LogP contribution in [0.25, 0.3) is 0 Å². The van der Waals surface area contributed by atoms with Crippen molar-refractivity contribution in [2.45, 2.75) is 40.4 Å². The van der Waals surface area contributed by atoms with Crippen molar-refractivity contribution in [2.24, 2.45) is 0 Å². The highest BCUT2D eigenvalue weighted by Gasteiger charge is 2.30. The number of benzene rings is 3. The number of carbonyl (C=O) groups is 1. The Bertz CT molecular complexity index is 688. The third kappa shape index (κ3) is 4.08. The van der Waals surface area contributed by atoms with Crippen LogP contribution in [0.15, 0.2) is 106 Å². The zero-order valence-electron chi connectivity index (χ0n) is 15.1. The molecule has 134 valence electrons. The molecule has 0 aliphatic carbocycles. The van der Waals surface area contributed by atoms with Crippen LogP contribution in [0.2, 0.25) is 0 Å². The standard InChI is InChI=1S/C24H26OS/c25-20-12-1-2-13-21-26(22-14-6-3-7-15-22,23-16-8-4-9-17-23)24-18-10-5-11-19-24/h3-11,14-20H,1-2,12-13,21H2. The minimum Gasteiger partial charge on any atom is -0.303 e. The van der Waals surface area contributed by atoms with E-state index < -0.39 is 10.0 Å². The lowest BCUT2D eigenvalue weighted by atomic mass is 10.2. The van der Waals surface area contributed by atoms with Crippen LogP contribution in [0.1, 0.15) is 25.7 Å². The second-order valence-corrected chi connectivity index (χ2v) is 9.70. The van der Waals surface area contributed by atoms with Crippen LogP contribution in [0.5, 0.6) is 0 Å². The van der Waals surface area contributed by atoms with Crippen molar-refractivity contribution < 1.29 is 4.79 Å². The van der Waals surface area contributed by atoms with Crippen molar-refractivity contribution in [2.75, 3.05) is 5.75 Å². The Balaban J connectivity index is 2.07. The maximum absolute atomic E-state index is 10.6. The zero-order chi connectivity index (χ0) is 18.1. The lowest BCUT2D eigenvalue weighted by Crippen LogP contribution is -2.08. The molecule has 0 aromatic heterocycles. The number of unbranched alkanes of at least 4 members (excludes halogenated alkanes) is 3. The van der Waals surface area contributed by atoms with Crippen LogP contribution in [-0.4, -0.2) is 12.0 Å². The van der Waals surface area contributed by atoms with Crippen LogP contribution >= 0.6 is 10.0 Å². The monoisotopic (exact) mass is 362 g/mol. The summed E-state index contributed by atoms with van der Waals surface area (Å²) >= 11 is 0. The first-order chi connectivity index (χ1) is 12.9. The van der Waals surface area contributed by atoms with Gasteiger partial charge in [0, 0.05) is 6.42 Å². The van der Waals surface area contributed by atoms with E-state index in [4.69, 9.17) is 0 Å². The summed E-state index contributed by atoms with van der Waals surface area (Å²) in [4.78, 5) is 14.9. The van der Waals surface area contributed by atoms with Crippen LogP contribution in [0.3, 0.4) is 0 Å². The third-order valence-electron chi connectivity index (χ3n) is 4.71. The molecule has 0 aliphatic heterocycles. The molecule has 0 bridgehead atoms. The van der Waals surface area contributed by atoms with Gasteiger partial charge in [0.2, 0.25) is 0 Å². The number of hydrogen-bond donors (Lipinski definition) is 0. The molecule has 0 heterocycles. The molecule has 2 heteroatoms. The van der Waals surface area contributed by atoms with Crippen LogP contribution < -0.4 is 0 Å². The molecule has 0 atom stereocenters. The van der Waals surface area contributed by atoms with Gasteiger partial charge in [0.15, 0.2) is 0 Å². The van der Waals surface area contributed by atoms with E-state index in [2.05, 4.69) is 91.0 Å². The Hall–Kier alpha value is -2.32.